The number of ether oxygens (including phenoxy) is 2. The second kappa shape index (κ2) is 9.66. The van der Waals surface area contributed by atoms with Crippen LogP contribution in [0.4, 0.5) is 0 Å². The summed E-state index contributed by atoms with van der Waals surface area (Å²) in [6, 6.07) is 10.1. The Hall–Kier alpha value is -2.44. The number of nitrogens with one attached hydrogen (secondary N) is 1. The molecule has 0 aliphatic heterocycles. The lowest BCUT2D eigenvalue weighted by molar-refractivity contribution is -0.143. The highest BCUT2D eigenvalue weighted by Crippen LogP contribution is 2.21. The highest BCUT2D eigenvalue weighted by atomic mass is 35.5. The number of hydrogen-bond donors (Lipinski definition) is 1. The third kappa shape index (κ3) is 6.62. The van der Waals surface area contributed by atoms with E-state index in [1.54, 1.807) is 45.2 Å². The van der Waals surface area contributed by atoms with E-state index in [0.29, 0.717) is 23.6 Å². The lowest BCUT2D eigenvalue weighted by Crippen LogP contribution is -2.39. The largest absolute Gasteiger partial charge is 0.468 e. The molecule has 1 heterocycles. The first-order valence-electron chi connectivity index (χ1n) is 8.92. The molecular formula is C21H25ClN2O4. The van der Waals surface area contributed by atoms with Gasteiger partial charge in [0, 0.05) is 24.9 Å². The summed E-state index contributed by atoms with van der Waals surface area (Å²) >= 11 is 6.26. The first-order valence-corrected chi connectivity index (χ1v) is 9.30. The van der Waals surface area contributed by atoms with Gasteiger partial charge in [0.25, 0.3) is 0 Å². The van der Waals surface area contributed by atoms with Gasteiger partial charge in [0.2, 0.25) is 0 Å². The molecule has 6 nitrogen and oxygen atoms in total. The summed E-state index contributed by atoms with van der Waals surface area (Å²) in [5.74, 6) is -0.846. The molecule has 0 radical (unpaired) electrons. The van der Waals surface area contributed by atoms with Gasteiger partial charge in [-0.05, 0) is 50.6 Å². The Balaban J connectivity index is 2.06. The minimum atomic E-state index is -0.597. The molecule has 0 saturated carbocycles. The molecule has 1 aromatic heterocycles. The first-order chi connectivity index (χ1) is 13.2. The van der Waals surface area contributed by atoms with Gasteiger partial charge in [-0.3, -0.25) is 15.1 Å². The normalized spacial score (nSPS) is 12.3. The molecule has 28 heavy (non-hydrogen) atoms. The van der Waals surface area contributed by atoms with Crippen molar-refractivity contribution in [2.75, 3.05) is 7.11 Å². The molecule has 7 heteroatoms. The smallest absolute Gasteiger partial charge is 0.340 e. The van der Waals surface area contributed by atoms with Gasteiger partial charge >= 0.3 is 11.9 Å². The summed E-state index contributed by atoms with van der Waals surface area (Å²) in [6.07, 6.45) is 2.08. The second-order valence-corrected chi connectivity index (χ2v) is 7.71. The van der Waals surface area contributed by atoms with Crippen molar-refractivity contribution in [3.8, 4) is 0 Å². The van der Waals surface area contributed by atoms with Gasteiger partial charge in [-0.15, -0.1) is 0 Å². The molecule has 0 aliphatic carbocycles. The number of aromatic nitrogens is 1. The Morgan fingerprint density at radius 3 is 2.54 bits per heavy atom. The molecule has 1 atom stereocenters. The Kier molecular flexibility index (Phi) is 7.54. The average molecular weight is 405 g/mol. The van der Waals surface area contributed by atoms with Crippen LogP contribution >= 0.6 is 11.6 Å². The van der Waals surface area contributed by atoms with Crippen molar-refractivity contribution in [1.29, 1.82) is 0 Å². The van der Waals surface area contributed by atoms with E-state index in [1.165, 1.54) is 7.11 Å². The number of methoxy groups -OCH3 is 1. The molecule has 0 spiro atoms. The van der Waals surface area contributed by atoms with E-state index in [-0.39, 0.29) is 5.97 Å². The van der Waals surface area contributed by atoms with Crippen LogP contribution in [0.1, 0.15) is 42.4 Å². The molecule has 0 saturated heterocycles. The number of rotatable bonds is 7. The van der Waals surface area contributed by atoms with Crippen LogP contribution in [0.2, 0.25) is 5.02 Å². The summed E-state index contributed by atoms with van der Waals surface area (Å²) in [5, 5.41) is 3.46. The van der Waals surface area contributed by atoms with E-state index in [0.717, 1.165) is 11.3 Å². The Morgan fingerprint density at radius 2 is 1.96 bits per heavy atom. The van der Waals surface area contributed by atoms with Crippen LogP contribution in [0.25, 0.3) is 0 Å². The number of carbonyl (C=O) groups is 2. The fourth-order valence-corrected chi connectivity index (χ4v) is 2.80. The summed E-state index contributed by atoms with van der Waals surface area (Å²) in [7, 11) is 1.35. The summed E-state index contributed by atoms with van der Waals surface area (Å²) in [4.78, 5) is 28.5. The lowest BCUT2D eigenvalue weighted by atomic mass is 10.1. The minimum Gasteiger partial charge on any atom is -0.468 e. The third-order valence-electron chi connectivity index (χ3n) is 3.83. The van der Waals surface area contributed by atoms with E-state index in [2.05, 4.69) is 10.3 Å². The number of pyridine rings is 1. The molecule has 2 aromatic rings. The predicted octanol–water partition coefficient (Wildman–Crippen LogP) is 3.56. The van der Waals surface area contributed by atoms with Gasteiger partial charge in [-0.1, -0.05) is 23.7 Å². The lowest BCUT2D eigenvalue weighted by Gasteiger charge is -2.20. The number of hydrogen-bond acceptors (Lipinski definition) is 6. The average Bonchev–Trinajstić information content (AvgIpc) is 2.63. The van der Waals surface area contributed by atoms with E-state index >= 15 is 0 Å². The zero-order chi connectivity index (χ0) is 20.7. The van der Waals surface area contributed by atoms with Crippen molar-refractivity contribution >= 4 is 23.5 Å². The van der Waals surface area contributed by atoms with E-state index in [9.17, 15) is 9.59 Å². The number of halogens is 1. The van der Waals surface area contributed by atoms with Gasteiger partial charge < -0.3 is 9.47 Å². The summed E-state index contributed by atoms with van der Waals surface area (Å²) < 4.78 is 10.2. The first kappa shape index (κ1) is 21.9. The third-order valence-corrected chi connectivity index (χ3v) is 4.14. The van der Waals surface area contributed by atoms with Crippen LogP contribution in [-0.4, -0.2) is 35.7 Å². The number of benzene rings is 1. The Morgan fingerprint density at radius 1 is 1.21 bits per heavy atom. The highest BCUT2D eigenvalue weighted by Gasteiger charge is 2.22. The SMILES string of the molecule is COC(=O)[C@@H](Cc1ccccn1)NCc1ccc(C(=O)OC(C)(C)C)c(Cl)c1. The zero-order valence-electron chi connectivity index (χ0n) is 16.5. The van der Waals surface area contributed by atoms with Crippen LogP contribution in [0, 0.1) is 0 Å². The fraction of sp³-hybridized carbons (Fsp3) is 0.381. The molecule has 0 fully saturated rings. The van der Waals surface area contributed by atoms with E-state index < -0.39 is 17.6 Å². The van der Waals surface area contributed by atoms with Gasteiger partial charge in [0.1, 0.15) is 11.6 Å². The summed E-state index contributed by atoms with van der Waals surface area (Å²) in [6.45, 7) is 5.77. The van der Waals surface area contributed by atoms with Crippen molar-refractivity contribution in [3.63, 3.8) is 0 Å². The molecule has 1 N–H and O–H groups in total. The quantitative estimate of drug-likeness (QED) is 0.711. The molecule has 150 valence electrons. The summed E-state index contributed by atoms with van der Waals surface area (Å²) in [5.41, 5.74) is 1.31. The van der Waals surface area contributed by atoms with Crippen LogP contribution in [-0.2, 0) is 27.2 Å². The topological polar surface area (TPSA) is 77.5 Å². The number of carbonyl (C=O) groups excluding carboxylic acids is 2. The Bertz CT molecular complexity index is 819. The van der Waals surface area contributed by atoms with Crippen molar-refractivity contribution in [2.45, 2.75) is 45.4 Å². The molecule has 0 unspecified atom stereocenters. The number of nitrogens with zero attached hydrogens (tertiary/aromatic N) is 1. The molecule has 1 aromatic carbocycles. The fourth-order valence-electron chi connectivity index (χ4n) is 2.52. The molecule has 2 rings (SSSR count). The maximum Gasteiger partial charge on any atom is 0.340 e. The molecule has 0 aliphatic rings. The minimum absolute atomic E-state index is 0.299. The van der Waals surface area contributed by atoms with Crippen LogP contribution in [0.5, 0.6) is 0 Å². The van der Waals surface area contributed by atoms with Crippen molar-refractivity contribution in [3.05, 3.63) is 64.4 Å². The van der Waals surface area contributed by atoms with Crippen LogP contribution < -0.4 is 5.32 Å². The van der Waals surface area contributed by atoms with Gasteiger partial charge in [0.15, 0.2) is 0 Å². The highest BCUT2D eigenvalue weighted by molar-refractivity contribution is 6.33. The molecule has 0 bridgehead atoms. The van der Waals surface area contributed by atoms with Gasteiger partial charge in [-0.25, -0.2) is 4.79 Å². The maximum atomic E-state index is 12.2. The van der Waals surface area contributed by atoms with Crippen LogP contribution in [0.15, 0.2) is 42.6 Å². The predicted molar refractivity (Wildman–Crippen MR) is 107 cm³/mol. The Labute approximate surface area is 170 Å². The van der Waals surface area contributed by atoms with E-state index in [4.69, 9.17) is 21.1 Å². The number of esters is 2. The van der Waals surface area contributed by atoms with Crippen molar-refractivity contribution < 1.29 is 19.1 Å². The zero-order valence-corrected chi connectivity index (χ0v) is 17.2. The van der Waals surface area contributed by atoms with Crippen molar-refractivity contribution in [2.24, 2.45) is 0 Å². The van der Waals surface area contributed by atoms with Gasteiger partial charge in [-0.2, -0.15) is 0 Å². The standard InChI is InChI=1S/C21H25ClN2O4/c1-21(2,3)28-19(25)16-9-8-14(11-17(16)22)13-24-18(20(26)27-4)12-15-7-5-6-10-23-15/h5-11,18,24H,12-13H2,1-4H3/t18-/m1/s1. The second-order valence-electron chi connectivity index (χ2n) is 7.30. The molecule has 0 amide bonds. The maximum absolute atomic E-state index is 12.2. The van der Waals surface area contributed by atoms with Crippen LogP contribution in [0.3, 0.4) is 0 Å². The van der Waals surface area contributed by atoms with E-state index in [1.807, 2.05) is 18.2 Å². The monoisotopic (exact) mass is 404 g/mol. The van der Waals surface area contributed by atoms with Crippen molar-refractivity contribution in [1.82, 2.24) is 10.3 Å². The molecular weight excluding hydrogens is 380 g/mol. The van der Waals surface area contributed by atoms with Gasteiger partial charge in [0.05, 0.1) is 17.7 Å².